The molecule has 0 saturated heterocycles. The summed E-state index contributed by atoms with van der Waals surface area (Å²) < 4.78 is 0. The van der Waals surface area contributed by atoms with Gasteiger partial charge in [0.15, 0.2) is 0 Å². The third kappa shape index (κ3) is 0.997. The van der Waals surface area contributed by atoms with Gasteiger partial charge in [-0.15, -0.1) is 0 Å². The Hall–Kier alpha value is 0. The van der Waals surface area contributed by atoms with Gasteiger partial charge in [-0.05, 0) is 103 Å². The summed E-state index contributed by atoms with van der Waals surface area (Å²) in [6.45, 7) is 5.15. The molecule has 6 aliphatic carbocycles. The predicted molar refractivity (Wildman–Crippen MR) is 76.3 cm³/mol. The van der Waals surface area contributed by atoms with Gasteiger partial charge in [-0.2, -0.15) is 0 Å². The molecule has 6 rings (SSSR count). The van der Waals surface area contributed by atoms with E-state index in [0.717, 1.165) is 11.8 Å². The molecule has 0 nitrogen and oxygen atoms in total. The number of hydrogen-bond donors (Lipinski definition) is 0. The molecule has 104 valence electrons. The zero-order chi connectivity index (χ0) is 12.5. The summed E-state index contributed by atoms with van der Waals surface area (Å²) in [6.07, 6.45) is 8.19. The predicted octanol–water partition coefficient (Wildman–Crippen LogP) is 4.45. The summed E-state index contributed by atoms with van der Waals surface area (Å²) in [5.41, 5.74) is 0. The van der Waals surface area contributed by atoms with E-state index in [9.17, 15) is 0 Å². The Kier molecular flexibility index (Phi) is 1.74. The quantitative estimate of drug-likeness (QED) is 0.562. The topological polar surface area (TPSA) is 0 Å². The fourth-order valence-corrected chi connectivity index (χ4v) is 9.49. The van der Waals surface area contributed by atoms with E-state index in [1.807, 2.05) is 0 Å². The lowest BCUT2D eigenvalue weighted by Crippen LogP contribution is -2.43. The Morgan fingerprint density at radius 1 is 0.474 bits per heavy atom. The molecule has 19 heavy (non-hydrogen) atoms. The van der Waals surface area contributed by atoms with Gasteiger partial charge in [0.25, 0.3) is 0 Å². The standard InChI is InChI=1S/C19H28/c1-8-3-10-5-12(8)18-14-7-15(16(10)18)19-13-6-11(17(14)19)4-9(13)2/h8-19H,3-7H2,1-2H3. The van der Waals surface area contributed by atoms with Crippen molar-refractivity contribution in [1.82, 2.24) is 0 Å². The maximum absolute atomic E-state index is 2.58. The first-order chi connectivity index (χ1) is 9.24. The summed E-state index contributed by atoms with van der Waals surface area (Å²) in [4.78, 5) is 0. The van der Waals surface area contributed by atoms with Gasteiger partial charge in [-0.1, -0.05) is 13.8 Å². The summed E-state index contributed by atoms with van der Waals surface area (Å²) in [5, 5.41) is 0. The average Bonchev–Trinajstić information content (AvgIpc) is 3.12. The largest absolute Gasteiger partial charge is 0.0622 e. The summed E-state index contributed by atoms with van der Waals surface area (Å²) in [5.74, 6) is 14.2. The first-order valence-corrected chi connectivity index (χ1v) is 9.24. The Morgan fingerprint density at radius 2 is 0.947 bits per heavy atom. The Labute approximate surface area is 117 Å². The van der Waals surface area contributed by atoms with Gasteiger partial charge >= 0.3 is 0 Å². The monoisotopic (exact) mass is 256 g/mol. The lowest BCUT2D eigenvalue weighted by Gasteiger charge is -2.47. The normalized spacial score (nSPS) is 74.8. The van der Waals surface area contributed by atoms with E-state index in [1.54, 1.807) is 32.1 Å². The Bertz CT molecular complexity index is 399. The van der Waals surface area contributed by atoms with E-state index in [0.29, 0.717) is 0 Å². The van der Waals surface area contributed by atoms with Crippen LogP contribution < -0.4 is 0 Å². The third-order valence-corrected chi connectivity index (χ3v) is 9.45. The molecule has 0 aliphatic heterocycles. The van der Waals surface area contributed by atoms with Crippen LogP contribution in [0.3, 0.4) is 0 Å². The lowest BCUT2D eigenvalue weighted by molar-refractivity contribution is 0.000294. The third-order valence-electron chi connectivity index (χ3n) is 9.45. The molecule has 0 heterocycles. The van der Waals surface area contributed by atoms with Crippen molar-refractivity contribution in [3.63, 3.8) is 0 Å². The van der Waals surface area contributed by atoms with Crippen molar-refractivity contribution in [3.05, 3.63) is 0 Å². The van der Waals surface area contributed by atoms with Crippen molar-refractivity contribution in [3.8, 4) is 0 Å². The van der Waals surface area contributed by atoms with Crippen LogP contribution in [0, 0.1) is 71.0 Å². The zero-order valence-corrected chi connectivity index (χ0v) is 12.5. The highest BCUT2D eigenvalue weighted by atomic mass is 14.8. The van der Waals surface area contributed by atoms with Crippen molar-refractivity contribution in [2.45, 2.75) is 46.0 Å². The lowest BCUT2D eigenvalue weighted by atomic mass is 9.57. The summed E-state index contributed by atoms with van der Waals surface area (Å²) in [6, 6.07) is 0. The van der Waals surface area contributed by atoms with Gasteiger partial charge in [0.2, 0.25) is 0 Å². The molecular weight excluding hydrogens is 228 g/mol. The summed E-state index contributed by atoms with van der Waals surface area (Å²) >= 11 is 0. The highest BCUT2D eigenvalue weighted by molar-refractivity contribution is 5.19. The second-order valence-electron chi connectivity index (χ2n) is 9.62. The molecule has 6 bridgehead atoms. The molecule has 0 spiro atoms. The average molecular weight is 256 g/mol. The van der Waals surface area contributed by atoms with Crippen molar-refractivity contribution in [1.29, 1.82) is 0 Å². The van der Waals surface area contributed by atoms with Crippen molar-refractivity contribution in [2.75, 3.05) is 0 Å². The van der Waals surface area contributed by atoms with E-state index in [2.05, 4.69) is 13.8 Å². The van der Waals surface area contributed by atoms with Crippen LogP contribution in [0.15, 0.2) is 0 Å². The molecule has 6 aliphatic rings. The van der Waals surface area contributed by atoms with Crippen LogP contribution in [-0.2, 0) is 0 Å². The van der Waals surface area contributed by atoms with Crippen molar-refractivity contribution >= 4 is 0 Å². The van der Waals surface area contributed by atoms with Gasteiger partial charge in [-0.25, -0.2) is 0 Å². The molecule has 12 unspecified atom stereocenters. The molecule has 12 atom stereocenters. The second-order valence-corrected chi connectivity index (χ2v) is 9.62. The van der Waals surface area contributed by atoms with Crippen LogP contribution in [0.25, 0.3) is 0 Å². The molecule has 0 N–H and O–H groups in total. The van der Waals surface area contributed by atoms with E-state index in [4.69, 9.17) is 0 Å². The van der Waals surface area contributed by atoms with Gasteiger partial charge in [0.05, 0.1) is 0 Å². The fraction of sp³-hybridized carbons (Fsp3) is 1.00. The van der Waals surface area contributed by atoms with Gasteiger partial charge in [0.1, 0.15) is 0 Å². The van der Waals surface area contributed by atoms with Crippen molar-refractivity contribution < 1.29 is 0 Å². The maximum Gasteiger partial charge on any atom is -0.0318 e. The number of fused-ring (bicyclic) bond motifs is 16. The number of rotatable bonds is 0. The smallest absolute Gasteiger partial charge is 0.0318 e. The van der Waals surface area contributed by atoms with Crippen molar-refractivity contribution in [2.24, 2.45) is 71.0 Å². The van der Waals surface area contributed by atoms with E-state index in [1.165, 1.54) is 59.2 Å². The highest BCUT2D eigenvalue weighted by Gasteiger charge is 2.71. The van der Waals surface area contributed by atoms with E-state index in [-0.39, 0.29) is 0 Å². The molecule has 0 aromatic rings. The minimum atomic E-state index is 1.08. The molecule has 6 fully saturated rings. The maximum atomic E-state index is 2.58. The minimum Gasteiger partial charge on any atom is -0.0622 e. The Morgan fingerprint density at radius 3 is 1.42 bits per heavy atom. The van der Waals surface area contributed by atoms with E-state index < -0.39 is 0 Å². The molecule has 0 aromatic heterocycles. The van der Waals surface area contributed by atoms with Gasteiger partial charge in [-0.3, -0.25) is 0 Å². The van der Waals surface area contributed by atoms with Crippen LogP contribution >= 0.6 is 0 Å². The molecule has 0 aromatic carbocycles. The van der Waals surface area contributed by atoms with Gasteiger partial charge in [0, 0.05) is 0 Å². The minimum absolute atomic E-state index is 1.08. The zero-order valence-electron chi connectivity index (χ0n) is 12.5. The first kappa shape index (κ1) is 10.7. The van der Waals surface area contributed by atoms with Crippen LogP contribution in [0.5, 0.6) is 0 Å². The van der Waals surface area contributed by atoms with Crippen LogP contribution in [0.1, 0.15) is 46.0 Å². The molecular formula is C19H28. The first-order valence-electron chi connectivity index (χ1n) is 9.24. The van der Waals surface area contributed by atoms with E-state index >= 15 is 0 Å². The molecule has 6 saturated carbocycles. The summed E-state index contributed by atoms with van der Waals surface area (Å²) in [7, 11) is 0. The van der Waals surface area contributed by atoms with Gasteiger partial charge < -0.3 is 0 Å². The fourth-order valence-electron chi connectivity index (χ4n) is 9.49. The molecule has 0 heteroatoms. The van der Waals surface area contributed by atoms with Crippen LogP contribution in [-0.4, -0.2) is 0 Å². The number of hydrogen-bond acceptors (Lipinski definition) is 0. The van der Waals surface area contributed by atoms with Crippen LogP contribution in [0.2, 0.25) is 0 Å². The van der Waals surface area contributed by atoms with Crippen LogP contribution in [0.4, 0.5) is 0 Å². The highest BCUT2D eigenvalue weighted by Crippen LogP contribution is 2.77. The molecule has 0 amide bonds. The second kappa shape index (κ2) is 3.09. The SMILES string of the molecule is CC1CC2CC1C1C3CC(C21)C1C2CC(CC2C)C31. The molecule has 0 radical (unpaired) electrons. The Balaban J connectivity index is 1.43.